The Morgan fingerprint density at radius 3 is 3.07 bits per heavy atom. The monoisotopic (exact) mass is 189 g/mol. The number of hydrogen-bond donors (Lipinski definition) is 1. The van der Waals surface area contributed by atoms with Crippen LogP contribution < -0.4 is 10.2 Å². The zero-order valence-corrected chi connectivity index (χ0v) is 8.40. The van der Waals surface area contributed by atoms with Crippen LogP contribution in [0, 0.1) is 12.8 Å². The van der Waals surface area contributed by atoms with E-state index in [-0.39, 0.29) is 0 Å². The first-order chi connectivity index (χ1) is 6.84. The highest BCUT2D eigenvalue weighted by molar-refractivity contribution is 5.49. The molecule has 2 aliphatic heterocycles. The lowest BCUT2D eigenvalue weighted by atomic mass is 9.91. The van der Waals surface area contributed by atoms with Gasteiger partial charge in [-0.2, -0.15) is 0 Å². The first kappa shape index (κ1) is 8.24. The Kier molecular flexibility index (Phi) is 1.74. The summed E-state index contributed by atoms with van der Waals surface area (Å²) in [4.78, 5) is 6.79. The minimum atomic E-state index is 0.722. The maximum absolute atomic E-state index is 4.33. The van der Waals surface area contributed by atoms with Crippen molar-refractivity contribution in [3.8, 4) is 0 Å². The number of aryl methyl sites for hydroxylation is 1. The Labute approximate surface area is 84.1 Å². The Bertz CT molecular complexity index is 333. The van der Waals surface area contributed by atoms with Gasteiger partial charge in [-0.15, -0.1) is 0 Å². The molecule has 74 valence electrons. The van der Waals surface area contributed by atoms with Crippen molar-refractivity contribution in [3.05, 3.63) is 24.0 Å². The molecular weight excluding hydrogens is 174 g/mol. The highest BCUT2D eigenvalue weighted by Crippen LogP contribution is 2.32. The molecule has 2 saturated heterocycles. The van der Waals surface area contributed by atoms with Crippen LogP contribution in [0.25, 0.3) is 0 Å². The van der Waals surface area contributed by atoms with Crippen LogP contribution in [0.2, 0.25) is 0 Å². The Hall–Kier alpha value is -1.09. The minimum absolute atomic E-state index is 0.722. The van der Waals surface area contributed by atoms with Gasteiger partial charge in [0.15, 0.2) is 0 Å². The smallest absolute Gasteiger partial charge is 0.0556 e. The summed E-state index contributed by atoms with van der Waals surface area (Å²) >= 11 is 0. The van der Waals surface area contributed by atoms with Crippen molar-refractivity contribution in [2.24, 2.45) is 5.92 Å². The van der Waals surface area contributed by atoms with Crippen molar-refractivity contribution in [1.82, 2.24) is 10.3 Å². The third-order valence-corrected chi connectivity index (χ3v) is 3.36. The molecule has 0 amide bonds. The summed E-state index contributed by atoms with van der Waals surface area (Å²) < 4.78 is 0. The maximum Gasteiger partial charge on any atom is 0.0556 e. The summed E-state index contributed by atoms with van der Waals surface area (Å²) in [6.45, 7) is 5.56. The average molecular weight is 189 g/mol. The fourth-order valence-electron chi connectivity index (χ4n) is 2.45. The van der Waals surface area contributed by atoms with Crippen LogP contribution in [0.5, 0.6) is 0 Å². The summed E-state index contributed by atoms with van der Waals surface area (Å²) in [5.41, 5.74) is 2.37. The lowest BCUT2D eigenvalue weighted by Crippen LogP contribution is -2.55. The lowest BCUT2D eigenvalue weighted by Gasteiger charge is -2.45. The molecule has 1 N–H and O–H groups in total. The third kappa shape index (κ3) is 1.12. The third-order valence-electron chi connectivity index (χ3n) is 3.36. The first-order valence-electron chi connectivity index (χ1n) is 5.24. The van der Waals surface area contributed by atoms with E-state index in [0.29, 0.717) is 0 Å². The van der Waals surface area contributed by atoms with E-state index in [2.05, 4.69) is 27.3 Å². The van der Waals surface area contributed by atoms with Crippen LogP contribution in [-0.2, 0) is 0 Å². The Morgan fingerprint density at radius 2 is 2.36 bits per heavy atom. The molecule has 1 aromatic heterocycles. The van der Waals surface area contributed by atoms with Gasteiger partial charge in [-0.1, -0.05) is 0 Å². The first-order valence-corrected chi connectivity index (χ1v) is 5.24. The number of nitrogens with zero attached hydrogens (tertiary/aromatic N) is 2. The quantitative estimate of drug-likeness (QED) is 0.708. The van der Waals surface area contributed by atoms with E-state index >= 15 is 0 Å². The SMILES string of the molecule is Cc1ccc(N2C[C@@H]3CNC[C@@H]32)cn1. The van der Waals surface area contributed by atoms with Crippen molar-refractivity contribution < 1.29 is 0 Å². The molecule has 1 aromatic rings. The molecule has 0 bridgehead atoms. The Morgan fingerprint density at radius 1 is 1.43 bits per heavy atom. The number of rotatable bonds is 1. The van der Waals surface area contributed by atoms with E-state index in [1.54, 1.807) is 0 Å². The van der Waals surface area contributed by atoms with Gasteiger partial charge in [-0.25, -0.2) is 0 Å². The molecule has 0 aromatic carbocycles. The predicted octanol–water partition coefficient (Wildman–Crippen LogP) is 0.798. The lowest BCUT2D eigenvalue weighted by molar-refractivity contribution is 0.365. The molecule has 0 saturated carbocycles. The Balaban J connectivity index is 1.80. The molecule has 0 spiro atoms. The molecule has 0 radical (unpaired) electrons. The molecule has 3 heterocycles. The second-order valence-corrected chi connectivity index (χ2v) is 4.30. The van der Waals surface area contributed by atoms with Crippen LogP contribution in [0.3, 0.4) is 0 Å². The molecule has 3 heteroatoms. The highest BCUT2D eigenvalue weighted by Gasteiger charge is 2.41. The van der Waals surface area contributed by atoms with Gasteiger partial charge in [-0.05, 0) is 19.1 Å². The summed E-state index contributed by atoms with van der Waals surface area (Å²) in [6, 6.07) is 4.99. The van der Waals surface area contributed by atoms with Crippen molar-refractivity contribution >= 4 is 5.69 Å². The van der Waals surface area contributed by atoms with Gasteiger partial charge in [0, 0.05) is 37.3 Å². The fourth-order valence-corrected chi connectivity index (χ4v) is 2.45. The van der Waals surface area contributed by atoms with Crippen LogP contribution in [0.4, 0.5) is 5.69 Å². The molecule has 3 rings (SSSR count). The van der Waals surface area contributed by atoms with Gasteiger partial charge < -0.3 is 10.2 Å². The van der Waals surface area contributed by atoms with Gasteiger partial charge in [0.1, 0.15) is 0 Å². The van der Waals surface area contributed by atoms with Gasteiger partial charge in [0.05, 0.1) is 11.9 Å². The van der Waals surface area contributed by atoms with Gasteiger partial charge in [0.25, 0.3) is 0 Å². The average Bonchev–Trinajstić information content (AvgIpc) is 2.52. The predicted molar refractivity (Wildman–Crippen MR) is 56.5 cm³/mol. The summed E-state index contributed by atoms with van der Waals surface area (Å²) in [5.74, 6) is 0.872. The standard InChI is InChI=1S/C11H15N3/c1-8-2-3-10(5-13-8)14-7-9-4-12-6-11(9)14/h2-3,5,9,11-12H,4,6-7H2,1H3/t9-,11-/m0/s1. The van der Waals surface area contributed by atoms with Crippen LogP contribution >= 0.6 is 0 Å². The minimum Gasteiger partial charge on any atom is -0.365 e. The second-order valence-electron chi connectivity index (χ2n) is 4.30. The van der Waals surface area contributed by atoms with Crippen molar-refractivity contribution in [3.63, 3.8) is 0 Å². The molecule has 2 atom stereocenters. The maximum atomic E-state index is 4.33. The fraction of sp³-hybridized carbons (Fsp3) is 0.545. The topological polar surface area (TPSA) is 28.2 Å². The summed E-state index contributed by atoms with van der Waals surface area (Å²) in [6.07, 6.45) is 1.99. The molecule has 3 nitrogen and oxygen atoms in total. The van der Waals surface area contributed by atoms with Crippen molar-refractivity contribution in [1.29, 1.82) is 0 Å². The van der Waals surface area contributed by atoms with Crippen molar-refractivity contribution in [2.75, 3.05) is 24.5 Å². The largest absolute Gasteiger partial charge is 0.365 e. The highest BCUT2D eigenvalue weighted by atomic mass is 15.3. The van der Waals surface area contributed by atoms with E-state index in [4.69, 9.17) is 0 Å². The molecular formula is C11H15N3. The second kappa shape index (κ2) is 2.95. The number of pyridine rings is 1. The van der Waals surface area contributed by atoms with E-state index in [0.717, 1.165) is 24.2 Å². The van der Waals surface area contributed by atoms with E-state index in [1.807, 2.05) is 13.1 Å². The number of anilines is 1. The molecule has 2 fully saturated rings. The summed E-state index contributed by atoms with van der Waals surface area (Å²) in [7, 11) is 0. The van der Waals surface area contributed by atoms with Gasteiger partial charge in [0.2, 0.25) is 0 Å². The van der Waals surface area contributed by atoms with Gasteiger partial charge >= 0.3 is 0 Å². The zero-order valence-electron chi connectivity index (χ0n) is 8.40. The van der Waals surface area contributed by atoms with Gasteiger partial charge in [-0.3, -0.25) is 4.98 Å². The van der Waals surface area contributed by atoms with Crippen LogP contribution in [0.1, 0.15) is 5.69 Å². The van der Waals surface area contributed by atoms with E-state index < -0.39 is 0 Å². The zero-order chi connectivity index (χ0) is 9.54. The normalized spacial score (nSPS) is 29.9. The van der Waals surface area contributed by atoms with E-state index in [1.165, 1.54) is 18.8 Å². The van der Waals surface area contributed by atoms with Crippen molar-refractivity contribution in [2.45, 2.75) is 13.0 Å². The van der Waals surface area contributed by atoms with E-state index in [9.17, 15) is 0 Å². The summed E-state index contributed by atoms with van der Waals surface area (Å²) in [5, 5.41) is 3.43. The molecule has 14 heavy (non-hydrogen) atoms. The van der Waals surface area contributed by atoms with Crippen LogP contribution in [-0.4, -0.2) is 30.7 Å². The van der Waals surface area contributed by atoms with Crippen LogP contribution in [0.15, 0.2) is 18.3 Å². The molecule has 2 aliphatic rings. The number of fused-ring (bicyclic) bond motifs is 1. The molecule has 0 aliphatic carbocycles. The number of nitrogens with one attached hydrogen (secondary N) is 1. The number of aromatic nitrogens is 1. The number of hydrogen-bond acceptors (Lipinski definition) is 3. The molecule has 0 unspecified atom stereocenters.